The minimum Gasteiger partial charge on any atom is -0.347 e. The summed E-state index contributed by atoms with van der Waals surface area (Å²) in [4.78, 5) is 28.3. The van der Waals surface area contributed by atoms with Crippen molar-refractivity contribution in [2.24, 2.45) is 5.92 Å². The van der Waals surface area contributed by atoms with Gasteiger partial charge in [-0.15, -0.1) is 0 Å². The zero-order valence-electron chi connectivity index (χ0n) is 14.3. The van der Waals surface area contributed by atoms with Crippen LogP contribution in [0.5, 0.6) is 0 Å². The summed E-state index contributed by atoms with van der Waals surface area (Å²) in [6.45, 7) is 2.05. The van der Waals surface area contributed by atoms with Crippen LogP contribution in [-0.2, 0) is 9.59 Å². The summed E-state index contributed by atoms with van der Waals surface area (Å²) < 4.78 is 0. The number of para-hydroxylation sites is 1. The van der Waals surface area contributed by atoms with Crippen molar-refractivity contribution in [1.29, 1.82) is 0 Å². The van der Waals surface area contributed by atoms with Crippen molar-refractivity contribution in [3.05, 3.63) is 36.5 Å². The van der Waals surface area contributed by atoms with E-state index < -0.39 is 0 Å². The van der Waals surface area contributed by atoms with E-state index in [1.54, 1.807) is 6.20 Å². The maximum Gasteiger partial charge on any atom is 0.243 e. The molecule has 132 valence electrons. The van der Waals surface area contributed by atoms with Crippen molar-refractivity contribution in [2.45, 2.75) is 25.7 Å². The zero-order chi connectivity index (χ0) is 17.5. The monoisotopic (exact) mass is 340 g/mol. The number of hydrogen-bond acceptors (Lipinski definition) is 4. The van der Waals surface area contributed by atoms with Gasteiger partial charge in [0.2, 0.25) is 11.8 Å². The summed E-state index contributed by atoms with van der Waals surface area (Å²) in [6, 6.07) is 9.43. The molecule has 1 saturated heterocycles. The molecule has 3 rings (SSSR count). The highest BCUT2D eigenvalue weighted by Crippen LogP contribution is 2.20. The Balaban J connectivity index is 1.45. The Morgan fingerprint density at radius 1 is 1.12 bits per heavy atom. The minimum absolute atomic E-state index is 0.0196. The molecule has 0 bridgehead atoms. The van der Waals surface area contributed by atoms with Gasteiger partial charge in [0.15, 0.2) is 0 Å². The number of piperidine rings is 1. The average Bonchev–Trinajstić information content (AvgIpc) is 2.66. The molecule has 0 radical (unpaired) electrons. The molecule has 6 nitrogen and oxygen atoms in total. The Kier molecular flexibility index (Phi) is 5.95. The van der Waals surface area contributed by atoms with Crippen LogP contribution in [0.25, 0.3) is 10.9 Å². The van der Waals surface area contributed by atoms with Crippen LogP contribution in [0.4, 0.5) is 5.69 Å². The molecule has 1 aliphatic heterocycles. The normalized spacial score (nSPS) is 15.0. The molecule has 0 aliphatic carbocycles. The van der Waals surface area contributed by atoms with Crippen molar-refractivity contribution in [3.8, 4) is 0 Å². The highest BCUT2D eigenvalue weighted by Gasteiger charge is 2.15. The lowest BCUT2D eigenvalue weighted by atomic mass is 9.93. The molecule has 1 aromatic carbocycles. The lowest BCUT2D eigenvalue weighted by Gasteiger charge is -2.22. The molecule has 1 aliphatic rings. The number of fused-ring (bicyclic) bond motifs is 1. The third kappa shape index (κ3) is 5.00. The molecule has 0 atom stereocenters. The summed E-state index contributed by atoms with van der Waals surface area (Å²) in [5.41, 5.74) is 1.41. The van der Waals surface area contributed by atoms with Crippen molar-refractivity contribution in [1.82, 2.24) is 15.6 Å². The Labute approximate surface area is 147 Å². The fraction of sp³-hybridized carbons (Fsp3) is 0.421. The van der Waals surface area contributed by atoms with Crippen LogP contribution < -0.4 is 16.0 Å². The molecule has 0 unspecified atom stereocenters. The molecule has 2 heterocycles. The highest BCUT2D eigenvalue weighted by molar-refractivity contribution is 6.01. The number of hydrogen-bond donors (Lipinski definition) is 3. The van der Waals surface area contributed by atoms with Gasteiger partial charge < -0.3 is 16.0 Å². The Hall–Kier alpha value is -2.47. The molecule has 2 amide bonds. The van der Waals surface area contributed by atoms with Crippen molar-refractivity contribution < 1.29 is 9.59 Å². The van der Waals surface area contributed by atoms with Crippen LogP contribution in [0.15, 0.2) is 36.5 Å². The fourth-order valence-corrected chi connectivity index (χ4v) is 3.17. The largest absolute Gasteiger partial charge is 0.347 e. The lowest BCUT2D eigenvalue weighted by Crippen LogP contribution is -2.33. The van der Waals surface area contributed by atoms with Gasteiger partial charge in [0.05, 0.1) is 17.7 Å². The van der Waals surface area contributed by atoms with Crippen LogP contribution >= 0.6 is 0 Å². The van der Waals surface area contributed by atoms with E-state index in [2.05, 4.69) is 20.9 Å². The predicted octanol–water partition coefficient (Wildman–Crippen LogP) is 2.07. The van der Waals surface area contributed by atoms with Gasteiger partial charge in [-0.1, -0.05) is 18.2 Å². The van der Waals surface area contributed by atoms with Gasteiger partial charge in [-0.25, -0.2) is 0 Å². The van der Waals surface area contributed by atoms with Crippen LogP contribution in [0.2, 0.25) is 0 Å². The van der Waals surface area contributed by atoms with Crippen LogP contribution in [0.3, 0.4) is 0 Å². The third-order valence-corrected chi connectivity index (χ3v) is 4.59. The van der Waals surface area contributed by atoms with Gasteiger partial charge in [-0.05, 0) is 50.4 Å². The summed E-state index contributed by atoms with van der Waals surface area (Å²) >= 11 is 0. The molecule has 25 heavy (non-hydrogen) atoms. The fourth-order valence-electron chi connectivity index (χ4n) is 3.17. The van der Waals surface area contributed by atoms with E-state index in [1.165, 1.54) is 0 Å². The minimum atomic E-state index is -0.242. The van der Waals surface area contributed by atoms with Gasteiger partial charge in [-0.3, -0.25) is 14.6 Å². The van der Waals surface area contributed by atoms with Crippen molar-refractivity contribution in [3.63, 3.8) is 0 Å². The Bertz CT molecular complexity index is 736. The van der Waals surface area contributed by atoms with E-state index in [0.717, 1.165) is 43.3 Å². The number of nitrogens with zero attached hydrogens (tertiary/aromatic N) is 1. The topological polar surface area (TPSA) is 83.1 Å². The molecule has 0 saturated carbocycles. The van der Waals surface area contributed by atoms with Crippen LogP contribution in [0, 0.1) is 5.92 Å². The number of rotatable bonds is 6. The second kappa shape index (κ2) is 8.58. The van der Waals surface area contributed by atoms with E-state index >= 15 is 0 Å². The highest BCUT2D eigenvalue weighted by atomic mass is 16.2. The molecule has 3 N–H and O–H groups in total. The first kappa shape index (κ1) is 17.4. The number of carbonyl (C=O) groups is 2. The average molecular weight is 340 g/mol. The van der Waals surface area contributed by atoms with E-state index in [0.29, 0.717) is 18.0 Å². The summed E-state index contributed by atoms with van der Waals surface area (Å²) in [5, 5.41) is 9.81. The first-order valence-electron chi connectivity index (χ1n) is 8.83. The quantitative estimate of drug-likeness (QED) is 0.752. The van der Waals surface area contributed by atoms with E-state index in [-0.39, 0.29) is 18.4 Å². The van der Waals surface area contributed by atoms with E-state index in [4.69, 9.17) is 0 Å². The van der Waals surface area contributed by atoms with Gasteiger partial charge in [0, 0.05) is 18.0 Å². The molecule has 6 heteroatoms. The number of aromatic nitrogens is 1. The molecule has 0 spiro atoms. The van der Waals surface area contributed by atoms with Gasteiger partial charge in [0.1, 0.15) is 0 Å². The maximum atomic E-state index is 12.1. The zero-order valence-corrected chi connectivity index (χ0v) is 14.3. The maximum absolute atomic E-state index is 12.1. The molecular formula is C19H24N4O2. The molecular weight excluding hydrogens is 316 g/mol. The van der Waals surface area contributed by atoms with Crippen LogP contribution in [-0.4, -0.2) is 36.4 Å². The number of nitrogens with one attached hydrogen (secondary N) is 3. The number of amides is 2. The Morgan fingerprint density at radius 3 is 2.76 bits per heavy atom. The van der Waals surface area contributed by atoms with Gasteiger partial charge >= 0.3 is 0 Å². The summed E-state index contributed by atoms with van der Waals surface area (Å²) in [6.07, 6.45) is 5.32. The van der Waals surface area contributed by atoms with Gasteiger partial charge in [-0.2, -0.15) is 0 Å². The van der Waals surface area contributed by atoms with Gasteiger partial charge in [0.25, 0.3) is 0 Å². The molecule has 1 fully saturated rings. The Morgan fingerprint density at radius 2 is 1.92 bits per heavy atom. The van der Waals surface area contributed by atoms with Crippen molar-refractivity contribution in [2.75, 3.05) is 25.0 Å². The van der Waals surface area contributed by atoms with E-state index in [9.17, 15) is 9.59 Å². The number of benzene rings is 1. The first-order chi connectivity index (χ1) is 12.2. The predicted molar refractivity (Wildman–Crippen MR) is 98.2 cm³/mol. The molecule has 1 aromatic heterocycles. The van der Waals surface area contributed by atoms with Crippen molar-refractivity contribution >= 4 is 28.4 Å². The standard InChI is InChI=1S/C19H24N4O2/c24-17(7-6-14-8-11-20-12-9-14)22-13-18(25)23-16-5-1-3-15-4-2-10-21-19(15)16/h1-5,10,14,20H,6-9,11-13H2,(H,22,24)(H,23,25). The number of carbonyl (C=O) groups excluding carboxylic acids is 2. The van der Waals surface area contributed by atoms with Crippen LogP contribution in [0.1, 0.15) is 25.7 Å². The number of pyridine rings is 1. The second-order valence-corrected chi connectivity index (χ2v) is 6.44. The smallest absolute Gasteiger partial charge is 0.243 e. The third-order valence-electron chi connectivity index (χ3n) is 4.59. The first-order valence-corrected chi connectivity index (χ1v) is 8.83. The summed E-state index contributed by atoms with van der Waals surface area (Å²) in [7, 11) is 0. The number of anilines is 1. The summed E-state index contributed by atoms with van der Waals surface area (Å²) in [5.74, 6) is 0.306. The SMILES string of the molecule is O=C(CCC1CCNCC1)NCC(=O)Nc1cccc2cccnc12. The second-order valence-electron chi connectivity index (χ2n) is 6.44. The van der Waals surface area contributed by atoms with E-state index in [1.807, 2.05) is 30.3 Å². The lowest BCUT2D eigenvalue weighted by molar-refractivity contribution is -0.124. The molecule has 2 aromatic rings.